The van der Waals surface area contributed by atoms with E-state index in [9.17, 15) is 0 Å². The third kappa shape index (κ3) is 676. The minimum Gasteiger partial charge on any atom is -0.522 e. The van der Waals surface area contributed by atoms with E-state index in [-0.39, 0.29) is 17.1 Å². The van der Waals surface area contributed by atoms with Crippen LogP contribution in [0.4, 0.5) is 0 Å². The second kappa shape index (κ2) is 1600. The largest absolute Gasteiger partial charge is 2.00 e. The molecule has 0 saturated heterocycles. The normalized spacial score (nSPS) is 1.60. The standard InChI is InChI=1S/2CH2N.Cu/c2*1-2;/h2*1-2H;/q2*-1;+2. The van der Waals surface area contributed by atoms with Crippen molar-refractivity contribution in [3.63, 3.8) is 0 Å². The molecule has 0 rings (SSSR count). The summed E-state index contributed by atoms with van der Waals surface area (Å²) < 4.78 is 0. The van der Waals surface area contributed by atoms with E-state index in [0.717, 1.165) is 0 Å². The van der Waals surface area contributed by atoms with Crippen molar-refractivity contribution in [2.24, 2.45) is 0 Å². The van der Waals surface area contributed by atoms with Crippen LogP contribution in [-0.4, -0.2) is 13.4 Å². The molecule has 0 heterocycles. The molecular weight excluding hydrogens is 116 g/mol. The van der Waals surface area contributed by atoms with Crippen molar-refractivity contribution >= 4 is 13.4 Å². The van der Waals surface area contributed by atoms with E-state index in [0.29, 0.717) is 0 Å². The molecule has 0 saturated carbocycles. The van der Waals surface area contributed by atoms with Crippen LogP contribution in [0.5, 0.6) is 0 Å². The van der Waals surface area contributed by atoms with Crippen molar-refractivity contribution in [1.82, 2.24) is 0 Å². The van der Waals surface area contributed by atoms with Gasteiger partial charge in [0.1, 0.15) is 0 Å². The van der Waals surface area contributed by atoms with Crippen LogP contribution in [0.1, 0.15) is 0 Å². The van der Waals surface area contributed by atoms with Gasteiger partial charge in [-0.2, -0.15) is 0 Å². The van der Waals surface area contributed by atoms with Gasteiger partial charge in [-0.25, -0.2) is 0 Å². The molecule has 0 amide bonds. The molecule has 0 aromatic rings. The van der Waals surface area contributed by atoms with Gasteiger partial charge >= 0.3 is 17.1 Å². The van der Waals surface area contributed by atoms with Crippen molar-refractivity contribution in [2.75, 3.05) is 0 Å². The van der Waals surface area contributed by atoms with Gasteiger partial charge in [0.2, 0.25) is 0 Å². The van der Waals surface area contributed by atoms with Crippen LogP contribution in [0.2, 0.25) is 0 Å². The number of hydrogen-bond acceptors (Lipinski definition) is 2. The minimum atomic E-state index is 0. The predicted molar refractivity (Wildman–Crippen MR) is 17.6 cm³/mol. The van der Waals surface area contributed by atoms with Gasteiger partial charge in [0.15, 0.2) is 0 Å². The summed E-state index contributed by atoms with van der Waals surface area (Å²) in [6.45, 7) is 7.50. The molecule has 2 nitrogen and oxygen atoms in total. The molecule has 0 atom stereocenters. The molecule has 0 bridgehead atoms. The summed E-state index contributed by atoms with van der Waals surface area (Å²) in [6.07, 6.45) is 0. The van der Waals surface area contributed by atoms with Gasteiger partial charge in [-0.05, 0) is 0 Å². The molecular formula is C2H4CuN2. The zero-order valence-electron chi connectivity index (χ0n) is 2.46. The monoisotopic (exact) mass is 119 g/mol. The maximum absolute atomic E-state index is 5.25. The number of hydrogen-bond donors (Lipinski definition) is 2. The van der Waals surface area contributed by atoms with Gasteiger partial charge in [-0.1, -0.05) is 0 Å². The van der Waals surface area contributed by atoms with E-state index in [2.05, 4.69) is 13.4 Å². The van der Waals surface area contributed by atoms with E-state index in [1.54, 1.807) is 0 Å². The molecule has 5 heavy (non-hydrogen) atoms. The quantitative estimate of drug-likeness (QED) is 0.262. The second-order valence-electron chi connectivity index (χ2n) is 0. The Kier molecular flexibility index (Phi) is 6690. The van der Waals surface area contributed by atoms with Crippen molar-refractivity contribution in [3.8, 4) is 0 Å². The molecule has 0 aliphatic rings. The van der Waals surface area contributed by atoms with Gasteiger partial charge in [0, 0.05) is 0 Å². The average molecular weight is 120 g/mol. The fraction of sp³-hybridized carbons (Fsp3) is 0. The van der Waals surface area contributed by atoms with E-state index < -0.39 is 0 Å². The Labute approximate surface area is 42.1 Å². The van der Waals surface area contributed by atoms with Crippen LogP contribution < -0.4 is 0 Å². The average Bonchev–Trinajstić information content (AvgIpc) is 1.50. The molecule has 0 aliphatic carbocycles. The molecule has 33 valence electrons. The maximum Gasteiger partial charge on any atom is 2.00 e. The predicted octanol–water partition coefficient (Wildman–Crippen LogP) is 0.283. The molecule has 0 aromatic carbocycles. The second-order valence-corrected chi connectivity index (χ2v) is 0. The molecule has 0 unspecified atom stereocenters. The first-order chi connectivity index (χ1) is 2.00. The molecule has 1 radical (unpaired) electrons. The Bertz CT molecular complexity index is 9.61. The number of rotatable bonds is 0. The third-order valence-electron chi connectivity index (χ3n) is 0. The molecule has 0 aliphatic heterocycles. The molecule has 3 heteroatoms. The van der Waals surface area contributed by atoms with Gasteiger partial charge < -0.3 is 24.3 Å². The van der Waals surface area contributed by atoms with Gasteiger partial charge in [0.25, 0.3) is 0 Å². The fourth-order valence-corrected chi connectivity index (χ4v) is 0. The topological polar surface area (TPSA) is 47.7 Å². The molecule has 2 N–H and O–H groups in total. The Hall–Kier alpha value is -0.141. The first-order valence-corrected chi connectivity index (χ1v) is 0.577. The summed E-state index contributed by atoms with van der Waals surface area (Å²) in [5, 5.41) is 10.5. The first kappa shape index (κ1) is 20.9. The smallest absolute Gasteiger partial charge is 0.522 e. The van der Waals surface area contributed by atoms with Crippen molar-refractivity contribution in [1.29, 1.82) is 10.8 Å². The van der Waals surface area contributed by atoms with Crippen LogP contribution in [0.15, 0.2) is 0 Å². The van der Waals surface area contributed by atoms with Gasteiger partial charge in [-0.3, -0.25) is 0 Å². The Balaban J connectivity index is -0.0000000133. The SMILES string of the molecule is [CH-]=N.[CH-]=N.[Cu+2]. The van der Waals surface area contributed by atoms with Crippen LogP contribution >= 0.6 is 0 Å². The fourth-order valence-electron chi connectivity index (χ4n) is 0. The Morgan fingerprint density at radius 3 is 0.800 bits per heavy atom. The summed E-state index contributed by atoms with van der Waals surface area (Å²) in [6, 6.07) is 0. The zero-order chi connectivity index (χ0) is 4.00. The Morgan fingerprint density at radius 1 is 0.800 bits per heavy atom. The summed E-state index contributed by atoms with van der Waals surface area (Å²) in [4.78, 5) is 0. The first-order valence-electron chi connectivity index (χ1n) is 0.577. The van der Waals surface area contributed by atoms with Crippen molar-refractivity contribution in [2.45, 2.75) is 0 Å². The summed E-state index contributed by atoms with van der Waals surface area (Å²) in [5.41, 5.74) is 0. The Morgan fingerprint density at radius 2 is 0.800 bits per heavy atom. The van der Waals surface area contributed by atoms with E-state index in [1.165, 1.54) is 0 Å². The van der Waals surface area contributed by atoms with Crippen LogP contribution in [0, 0.1) is 10.8 Å². The van der Waals surface area contributed by atoms with Gasteiger partial charge in [0.05, 0.1) is 0 Å². The van der Waals surface area contributed by atoms with E-state index in [4.69, 9.17) is 10.8 Å². The van der Waals surface area contributed by atoms with Crippen LogP contribution in [0.25, 0.3) is 0 Å². The van der Waals surface area contributed by atoms with Crippen LogP contribution in [-0.2, 0) is 17.1 Å². The summed E-state index contributed by atoms with van der Waals surface area (Å²) >= 11 is 0. The number of nitrogens with one attached hydrogen (secondary N) is 2. The third-order valence-corrected chi connectivity index (χ3v) is 0. The minimum absolute atomic E-state index is 0. The van der Waals surface area contributed by atoms with E-state index in [1.807, 2.05) is 0 Å². The van der Waals surface area contributed by atoms with Crippen LogP contribution in [0.3, 0.4) is 0 Å². The van der Waals surface area contributed by atoms with E-state index >= 15 is 0 Å². The maximum atomic E-state index is 5.25. The van der Waals surface area contributed by atoms with Gasteiger partial charge in [-0.15, -0.1) is 0 Å². The molecule has 0 fully saturated rings. The van der Waals surface area contributed by atoms with Crippen molar-refractivity contribution in [3.05, 3.63) is 0 Å². The van der Waals surface area contributed by atoms with Crippen molar-refractivity contribution < 1.29 is 17.1 Å². The molecule has 0 aromatic heterocycles. The molecule has 0 spiro atoms. The zero-order valence-corrected chi connectivity index (χ0v) is 3.40. The summed E-state index contributed by atoms with van der Waals surface area (Å²) in [7, 11) is 0. The summed E-state index contributed by atoms with van der Waals surface area (Å²) in [5.74, 6) is 0.